The van der Waals surface area contributed by atoms with Crippen molar-refractivity contribution in [3.05, 3.63) is 65.2 Å². The van der Waals surface area contributed by atoms with Gasteiger partial charge in [-0.15, -0.1) is 0 Å². The molecule has 2 rings (SSSR count). The second kappa shape index (κ2) is 9.51. The highest BCUT2D eigenvalue weighted by atomic mass is 19.4. The van der Waals surface area contributed by atoms with E-state index in [0.29, 0.717) is 11.5 Å². The number of hydrogen-bond acceptors (Lipinski definition) is 3. The Kier molecular flexibility index (Phi) is 7.10. The minimum absolute atomic E-state index is 0.00531. The van der Waals surface area contributed by atoms with Gasteiger partial charge in [0.1, 0.15) is 0 Å². The number of benzene rings is 2. The first kappa shape index (κ1) is 20.9. The zero-order chi connectivity index (χ0) is 20.6. The van der Waals surface area contributed by atoms with E-state index in [-0.39, 0.29) is 18.0 Å². The first-order valence-corrected chi connectivity index (χ1v) is 8.17. The van der Waals surface area contributed by atoms with E-state index in [1.54, 1.807) is 24.3 Å². The second-order valence-corrected chi connectivity index (χ2v) is 5.55. The van der Waals surface area contributed by atoms with Crippen molar-refractivity contribution < 1.29 is 27.4 Å². The Bertz CT molecular complexity index is 924. The van der Waals surface area contributed by atoms with Gasteiger partial charge in [0.05, 0.1) is 26.3 Å². The van der Waals surface area contributed by atoms with Gasteiger partial charge in [-0.1, -0.05) is 24.0 Å². The molecule has 0 aliphatic heterocycles. The quantitative estimate of drug-likeness (QED) is 0.623. The van der Waals surface area contributed by atoms with Gasteiger partial charge in [-0.25, -0.2) is 0 Å². The highest BCUT2D eigenvalue weighted by Crippen LogP contribution is 2.29. The van der Waals surface area contributed by atoms with Gasteiger partial charge in [0.25, 0.3) is 0 Å². The maximum Gasteiger partial charge on any atom is 0.416 e. The molecule has 0 aliphatic carbocycles. The standard InChI is InChI=1S/C21H18F3NO3/c1-27-18-10-8-16(14-19(18)28-2)9-11-20(26)25-12-4-6-15-5-3-7-17(13-15)21(22,23)24/h3,5,7-11,13-14H,12H2,1-2H3,(H,25,26)/b11-9+. The molecule has 7 heteroatoms. The largest absolute Gasteiger partial charge is 0.493 e. The molecule has 0 fully saturated rings. The molecule has 0 saturated heterocycles. The number of alkyl halides is 3. The van der Waals surface area contributed by atoms with Crippen molar-refractivity contribution in [2.45, 2.75) is 6.18 Å². The summed E-state index contributed by atoms with van der Waals surface area (Å²) < 4.78 is 48.3. The van der Waals surface area contributed by atoms with Crippen molar-refractivity contribution >= 4 is 12.0 Å². The van der Waals surface area contributed by atoms with Crippen LogP contribution in [0.2, 0.25) is 0 Å². The van der Waals surface area contributed by atoms with Gasteiger partial charge in [0, 0.05) is 11.6 Å². The highest BCUT2D eigenvalue weighted by molar-refractivity contribution is 5.91. The fourth-order valence-electron chi connectivity index (χ4n) is 2.24. The third kappa shape index (κ3) is 6.09. The van der Waals surface area contributed by atoms with Crippen molar-refractivity contribution in [3.8, 4) is 23.3 Å². The number of amides is 1. The molecule has 28 heavy (non-hydrogen) atoms. The normalized spacial score (nSPS) is 10.9. The smallest absolute Gasteiger partial charge is 0.416 e. The van der Waals surface area contributed by atoms with Crippen LogP contribution in [0.5, 0.6) is 11.5 Å². The van der Waals surface area contributed by atoms with E-state index in [1.165, 1.54) is 32.4 Å². The summed E-state index contributed by atoms with van der Waals surface area (Å²) in [7, 11) is 3.04. The van der Waals surface area contributed by atoms with Crippen LogP contribution < -0.4 is 14.8 Å². The molecule has 4 nitrogen and oxygen atoms in total. The lowest BCUT2D eigenvalue weighted by Gasteiger charge is -2.07. The number of rotatable bonds is 5. The Balaban J connectivity index is 1.92. The number of carbonyl (C=O) groups excluding carboxylic acids is 1. The van der Waals surface area contributed by atoms with Crippen molar-refractivity contribution in [2.24, 2.45) is 0 Å². The van der Waals surface area contributed by atoms with Crippen LogP contribution in [-0.2, 0) is 11.0 Å². The third-order valence-electron chi connectivity index (χ3n) is 3.61. The third-order valence-corrected chi connectivity index (χ3v) is 3.61. The number of ether oxygens (including phenoxy) is 2. The maximum absolute atomic E-state index is 12.6. The van der Waals surface area contributed by atoms with E-state index in [0.717, 1.165) is 17.7 Å². The SMILES string of the molecule is COc1ccc(/C=C/C(=O)NCC#Cc2cccc(C(F)(F)F)c2)cc1OC. The summed E-state index contributed by atoms with van der Waals surface area (Å²) >= 11 is 0. The fourth-order valence-corrected chi connectivity index (χ4v) is 2.24. The average molecular weight is 389 g/mol. The maximum atomic E-state index is 12.6. The molecule has 0 bridgehead atoms. The van der Waals surface area contributed by atoms with Gasteiger partial charge < -0.3 is 14.8 Å². The van der Waals surface area contributed by atoms with E-state index >= 15 is 0 Å². The molecule has 1 amide bonds. The lowest BCUT2D eigenvalue weighted by Crippen LogP contribution is -2.20. The van der Waals surface area contributed by atoms with Crippen LogP contribution in [0, 0.1) is 11.8 Å². The molecule has 0 radical (unpaired) electrons. The van der Waals surface area contributed by atoms with Crippen LogP contribution in [-0.4, -0.2) is 26.7 Å². The Morgan fingerprint density at radius 2 is 1.86 bits per heavy atom. The molecule has 146 valence electrons. The van der Waals surface area contributed by atoms with E-state index in [1.807, 2.05) is 0 Å². The minimum atomic E-state index is -4.42. The molecule has 0 atom stereocenters. The molecular formula is C21H18F3NO3. The molecule has 0 spiro atoms. The van der Waals surface area contributed by atoms with E-state index in [9.17, 15) is 18.0 Å². The molecule has 0 heterocycles. The molecule has 1 N–H and O–H groups in total. The lowest BCUT2D eigenvalue weighted by atomic mass is 10.1. The van der Waals surface area contributed by atoms with Gasteiger partial charge in [0.15, 0.2) is 11.5 Å². The van der Waals surface area contributed by atoms with Crippen molar-refractivity contribution in [3.63, 3.8) is 0 Å². The summed E-state index contributed by atoms with van der Waals surface area (Å²) in [5.74, 6) is 5.95. The van der Waals surface area contributed by atoms with Gasteiger partial charge >= 0.3 is 6.18 Å². The molecule has 0 saturated carbocycles. The van der Waals surface area contributed by atoms with Crippen LogP contribution in [0.25, 0.3) is 6.08 Å². The van der Waals surface area contributed by atoms with Crippen LogP contribution in [0.1, 0.15) is 16.7 Å². The van der Waals surface area contributed by atoms with Gasteiger partial charge in [-0.05, 0) is 42.0 Å². The predicted molar refractivity (Wildman–Crippen MR) is 99.9 cm³/mol. The van der Waals surface area contributed by atoms with Crippen LogP contribution in [0.15, 0.2) is 48.5 Å². The van der Waals surface area contributed by atoms with Gasteiger partial charge in [-0.2, -0.15) is 13.2 Å². The molecular weight excluding hydrogens is 371 g/mol. The number of carbonyl (C=O) groups is 1. The first-order chi connectivity index (χ1) is 13.3. The topological polar surface area (TPSA) is 47.6 Å². The Morgan fingerprint density at radius 3 is 2.54 bits per heavy atom. The van der Waals surface area contributed by atoms with Gasteiger partial charge in [-0.3, -0.25) is 4.79 Å². The van der Waals surface area contributed by atoms with E-state index in [4.69, 9.17) is 9.47 Å². The lowest BCUT2D eigenvalue weighted by molar-refractivity contribution is -0.137. The summed E-state index contributed by atoms with van der Waals surface area (Å²) in [5, 5.41) is 2.54. The van der Waals surface area contributed by atoms with E-state index < -0.39 is 11.7 Å². The summed E-state index contributed by atoms with van der Waals surface area (Å²) in [6.07, 6.45) is -1.49. The highest BCUT2D eigenvalue weighted by Gasteiger charge is 2.30. The summed E-state index contributed by atoms with van der Waals surface area (Å²) in [4.78, 5) is 11.8. The fraction of sp³-hybridized carbons (Fsp3) is 0.190. The van der Waals surface area contributed by atoms with Crippen molar-refractivity contribution in [2.75, 3.05) is 20.8 Å². The second-order valence-electron chi connectivity index (χ2n) is 5.55. The molecule has 2 aromatic carbocycles. The molecule has 0 aliphatic rings. The molecule has 2 aromatic rings. The summed E-state index contributed by atoms with van der Waals surface area (Å²) in [6, 6.07) is 9.90. The zero-order valence-electron chi connectivity index (χ0n) is 15.3. The number of hydrogen-bond donors (Lipinski definition) is 1. The molecule has 0 aromatic heterocycles. The van der Waals surface area contributed by atoms with Crippen LogP contribution in [0.3, 0.4) is 0 Å². The van der Waals surface area contributed by atoms with E-state index in [2.05, 4.69) is 17.2 Å². The minimum Gasteiger partial charge on any atom is -0.493 e. The van der Waals surface area contributed by atoms with Crippen LogP contribution >= 0.6 is 0 Å². The number of nitrogens with one attached hydrogen (secondary N) is 1. The first-order valence-electron chi connectivity index (χ1n) is 8.17. The van der Waals surface area contributed by atoms with Crippen LogP contribution in [0.4, 0.5) is 13.2 Å². The van der Waals surface area contributed by atoms with Crippen molar-refractivity contribution in [1.82, 2.24) is 5.32 Å². The predicted octanol–water partition coefficient (Wildman–Crippen LogP) is 3.90. The average Bonchev–Trinajstić information content (AvgIpc) is 2.69. The van der Waals surface area contributed by atoms with Gasteiger partial charge in [0.2, 0.25) is 5.91 Å². The van der Waals surface area contributed by atoms with Crippen molar-refractivity contribution in [1.29, 1.82) is 0 Å². The zero-order valence-corrected chi connectivity index (χ0v) is 15.3. The Labute approximate surface area is 161 Å². The number of halogens is 3. The summed E-state index contributed by atoms with van der Waals surface area (Å²) in [5.41, 5.74) is 0.203. The summed E-state index contributed by atoms with van der Waals surface area (Å²) in [6.45, 7) is 0.00531. The number of methoxy groups -OCH3 is 2. The Hall–Kier alpha value is -3.40. The molecule has 0 unspecified atom stereocenters. The Morgan fingerprint density at radius 1 is 1.11 bits per heavy atom. The monoisotopic (exact) mass is 389 g/mol.